The number of amides is 1. The first kappa shape index (κ1) is 15.3. The second-order valence-corrected chi connectivity index (χ2v) is 5.43. The van der Waals surface area contributed by atoms with E-state index in [0.717, 1.165) is 25.0 Å². The Morgan fingerprint density at radius 1 is 1.35 bits per heavy atom. The lowest BCUT2D eigenvalue weighted by molar-refractivity contribution is 0.0637. The highest BCUT2D eigenvalue weighted by Crippen LogP contribution is 2.23. The van der Waals surface area contributed by atoms with Crippen molar-refractivity contribution in [2.75, 3.05) is 45.2 Å². The average molecular weight is 345 g/mol. The van der Waals surface area contributed by atoms with Crippen molar-refractivity contribution in [2.45, 2.75) is 0 Å². The third-order valence-corrected chi connectivity index (χ3v) is 3.82. The molecule has 0 N–H and O–H groups in total. The van der Waals surface area contributed by atoms with E-state index in [1.165, 1.54) is 13.2 Å². The van der Waals surface area contributed by atoms with E-state index in [2.05, 4.69) is 20.8 Å². The quantitative estimate of drug-likeness (QED) is 0.783. The van der Waals surface area contributed by atoms with Gasteiger partial charge in [0.15, 0.2) is 0 Å². The lowest BCUT2D eigenvalue weighted by Crippen LogP contribution is -2.49. The molecule has 1 aromatic carbocycles. The number of halogens is 2. The largest absolute Gasteiger partial charge is 0.496 e. The second kappa shape index (κ2) is 7.04. The monoisotopic (exact) mass is 344 g/mol. The number of benzene rings is 1. The number of alkyl halides is 1. The molecule has 0 aromatic heterocycles. The van der Waals surface area contributed by atoms with E-state index in [-0.39, 0.29) is 17.2 Å². The molecular weight excluding hydrogens is 327 g/mol. The Labute approximate surface area is 126 Å². The third kappa shape index (κ3) is 3.30. The van der Waals surface area contributed by atoms with Crippen LogP contribution >= 0.6 is 15.9 Å². The van der Waals surface area contributed by atoms with Crippen LogP contribution in [-0.2, 0) is 0 Å². The molecule has 1 heterocycles. The molecule has 6 heteroatoms. The summed E-state index contributed by atoms with van der Waals surface area (Å²) in [5.74, 6) is -0.534. The van der Waals surface area contributed by atoms with Crippen LogP contribution in [0, 0.1) is 5.82 Å². The molecule has 20 heavy (non-hydrogen) atoms. The van der Waals surface area contributed by atoms with Gasteiger partial charge in [-0.2, -0.15) is 0 Å². The van der Waals surface area contributed by atoms with E-state index in [1.807, 2.05) is 0 Å². The summed E-state index contributed by atoms with van der Waals surface area (Å²) in [7, 11) is 1.44. The summed E-state index contributed by atoms with van der Waals surface area (Å²) in [5.41, 5.74) is 0.0314. The molecule has 1 aromatic rings. The van der Waals surface area contributed by atoms with Gasteiger partial charge in [0.2, 0.25) is 0 Å². The molecule has 1 aliphatic heterocycles. The van der Waals surface area contributed by atoms with Crippen molar-refractivity contribution in [3.8, 4) is 5.75 Å². The van der Waals surface area contributed by atoms with Gasteiger partial charge in [-0.3, -0.25) is 9.69 Å². The number of carbonyl (C=O) groups excluding carboxylic acids is 1. The molecule has 110 valence electrons. The summed E-state index contributed by atoms with van der Waals surface area (Å²) >= 11 is 3.41. The molecule has 0 atom stereocenters. The highest BCUT2D eigenvalue weighted by atomic mass is 79.9. The zero-order chi connectivity index (χ0) is 14.5. The number of ether oxygens (including phenoxy) is 1. The molecule has 0 unspecified atom stereocenters. The maximum atomic E-state index is 13.9. The molecule has 0 saturated carbocycles. The fourth-order valence-corrected chi connectivity index (χ4v) is 2.84. The number of hydrogen-bond donors (Lipinski definition) is 0. The van der Waals surface area contributed by atoms with Gasteiger partial charge in [-0.1, -0.05) is 22.0 Å². The van der Waals surface area contributed by atoms with E-state index in [0.29, 0.717) is 13.1 Å². The van der Waals surface area contributed by atoms with Gasteiger partial charge in [-0.25, -0.2) is 4.39 Å². The molecule has 1 fully saturated rings. The van der Waals surface area contributed by atoms with Gasteiger partial charge >= 0.3 is 0 Å². The first-order chi connectivity index (χ1) is 9.67. The van der Waals surface area contributed by atoms with E-state index in [1.54, 1.807) is 17.0 Å². The molecular formula is C14H18BrFN2O2. The van der Waals surface area contributed by atoms with Gasteiger partial charge in [0.1, 0.15) is 17.1 Å². The fourth-order valence-electron chi connectivity index (χ4n) is 2.33. The minimum absolute atomic E-state index is 0.0314. The smallest absolute Gasteiger partial charge is 0.260 e. The summed E-state index contributed by atoms with van der Waals surface area (Å²) in [6.45, 7) is 3.82. The van der Waals surface area contributed by atoms with Gasteiger partial charge in [-0.15, -0.1) is 0 Å². The SMILES string of the molecule is COc1cccc(F)c1C(=O)N1CCN(CCBr)CC1. The van der Waals surface area contributed by atoms with Crippen LogP contribution in [0.4, 0.5) is 4.39 Å². The average Bonchev–Trinajstić information content (AvgIpc) is 2.47. The summed E-state index contributed by atoms with van der Waals surface area (Å²) in [5, 5.41) is 0.919. The standard InChI is InChI=1S/C14H18BrFN2O2/c1-20-12-4-2-3-11(16)13(12)14(19)18-9-7-17(6-5-15)8-10-18/h2-4H,5-10H2,1H3. The minimum Gasteiger partial charge on any atom is -0.496 e. The Balaban J connectivity index is 2.09. The number of nitrogens with zero attached hydrogens (tertiary/aromatic N) is 2. The normalized spacial score (nSPS) is 16.2. The molecule has 0 radical (unpaired) electrons. The Kier molecular flexibility index (Phi) is 5.37. The maximum absolute atomic E-state index is 13.9. The first-order valence-electron chi connectivity index (χ1n) is 6.57. The first-order valence-corrected chi connectivity index (χ1v) is 7.69. The van der Waals surface area contributed by atoms with Crippen molar-refractivity contribution >= 4 is 21.8 Å². The topological polar surface area (TPSA) is 32.8 Å². The van der Waals surface area contributed by atoms with Crippen molar-refractivity contribution in [1.29, 1.82) is 0 Å². The number of carbonyl (C=O) groups is 1. The van der Waals surface area contributed by atoms with Crippen molar-refractivity contribution in [1.82, 2.24) is 9.80 Å². The predicted octanol–water partition coefficient (Wildman–Crippen LogP) is 1.99. The Hall–Kier alpha value is -1.14. The van der Waals surface area contributed by atoms with Crippen LogP contribution in [0.25, 0.3) is 0 Å². The summed E-state index contributed by atoms with van der Waals surface area (Å²) < 4.78 is 19.0. The van der Waals surface area contributed by atoms with Gasteiger partial charge in [-0.05, 0) is 12.1 Å². The Morgan fingerprint density at radius 2 is 2.05 bits per heavy atom. The summed E-state index contributed by atoms with van der Waals surface area (Å²) in [6.07, 6.45) is 0. The third-order valence-electron chi connectivity index (χ3n) is 3.47. The zero-order valence-electron chi connectivity index (χ0n) is 11.4. The lowest BCUT2D eigenvalue weighted by Gasteiger charge is -2.34. The fraction of sp³-hybridized carbons (Fsp3) is 0.500. The molecule has 1 saturated heterocycles. The molecule has 1 aliphatic rings. The van der Waals surface area contributed by atoms with E-state index >= 15 is 0 Å². The van der Waals surface area contributed by atoms with E-state index in [4.69, 9.17) is 4.74 Å². The number of piperazine rings is 1. The molecule has 0 bridgehead atoms. The van der Waals surface area contributed by atoms with Gasteiger partial charge in [0.05, 0.1) is 7.11 Å². The number of hydrogen-bond acceptors (Lipinski definition) is 3. The van der Waals surface area contributed by atoms with Crippen LogP contribution in [0.3, 0.4) is 0 Å². The Morgan fingerprint density at radius 3 is 2.65 bits per heavy atom. The van der Waals surface area contributed by atoms with Gasteiger partial charge in [0.25, 0.3) is 5.91 Å². The van der Waals surface area contributed by atoms with Crippen LogP contribution in [0.15, 0.2) is 18.2 Å². The van der Waals surface area contributed by atoms with Crippen LogP contribution in [0.2, 0.25) is 0 Å². The number of rotatable bonds is 4. The lowest BCUT2D eigenvalue weighted by atomic mass is 10.1. The van der Waals surface area contributed by atoms with E-state index < -0.39 is 5.82 Å². The van der Waals surface area contributed by atoms with Crippen LogP contribution in [0.5, 0.6) is 5.75 Å². The van der Waals surface area contributed by atoms with Crippen molar-refractivity contribution in [2.24, 2.45) is 0 Å². The molecule has 0 aliphatic carbocycles. The minimum atomic E-state index is -0.530. The van der Waals surface area contributed by atoms with E-state index in [9.17, 15) is 9.18 Å². The Bertz CT molecular complexity index is 476. The summed E-state index contributed by atoms with van der Waals surface area (Å²) in [6, 6.07) is 4.44. The highest BCUT2D eigenvalue weighted by molar-refractivity contribution is 9.09. The van der Waals surface area contributed by atoms with Crippen LogP contribution < -0.4 is 4.74 Å². The van der Waals surface area contributed by atoms with Crippen molar-refractivity contribution in [3.05, 3.63) is 29.6 Å². The second-order valence-electron chi connectivity index (χ2n) is 4.64. The predicted molar refractivity (Wildman–Crippen MR) is 79.1 cm³/mol. The van der Waals surface area contributed by atoms with Crippen molar-refractivity contribution < 1.29 is 13.9 Å². The molecule has 0 spiro atoms. The zero-order valence-corrected chi connectivity index (χ0v) is 13.0. The number of methoxy groups -OCH3 is 1. The van der Waals surface area contributed by atoms with Crippen LogP contribution in [-0.4, -0.2) is 60.9 Å². The molecule has 1 amide bonds. The van der Waals surface area contributed by atoms with Gasteiger partial charge in [0, 0.05) is 38.1 Å². The maximum Gasteiger partial charge on any atom is 0.260 e. The van der Waals surface area contributed by atoms with Gasteiger partial charge < -0.3 is 9.64 Å². The molecule has 2 rings (SSSR count). The van der Waals surface area contributed by atoms with Crippen LogP contribution in [0.1, 0.15) is 10.4 Å². The van der Waals surface area contributed by atoms with Crippen molar-refractivity contribution in [3.63, 3.8) is 0 Å². The molecule has 4 nitrogen and oxygen atoms in total. The summed E-state index contributed by atoms with van der Waals surface area (Å²) in [4.78, 5) is 16.4. The highest BCUT2D eigenvalue weighted by Gasteiger charge is 2.26.